The van der Waals surface area contributed by atoms with E-state index >= 15 is 0 Å². The summed E-state index contributed by atoms with van der Waals surface area (Å²) in [6, 6.07) is 2.85. The second-order valence-electron chi connectivity index (χ2n) is 4.17. The number of carbonyl (C=O) groups excluding carboxylic acids is 1. The standard InChI is InChI=1S/C12H18N2O4S/c1-4-14-11(15)7-18-12-8(2)5-10(6-9(12)3)19(13,16)17/h5-6H,4,7H2,1-3H3,(H,14,15)(H2,13,16,17). The molecule has 0 aliphatic heterocycles. The van der Waals surface area contributed by atoms with Gasteiger partial charge in [0.2, 0.25) is 10.0 Å². The number of carbonyl (C=O) groups is 1. The number of benzene rings is 1. The van der Waals surface area contributed by atoms with Gasteiger partial charge in [-0.25, -0.2) is 13.6 Å². The summed E-state index contributed by atoms with van der Waals surface area (Å²) in [4.78, 5) is 11.3. The SMILES string of the molecule is CCNC(=O)COc1c(C)cc(S(N)(=O)=O)cc1C. The molecule has 0 atom stereocenters. The molecule has 0 aliphatic rings. The van der Waals surface area contributed by atoms with Crippen LogP contribution in [0.4, 0.5) is 0 Å². The lowest BCUT2D eigenvalue weighted by molar-refractivity contribution is -0.122. The number of primary sulfonamides is 1. The van der Waals surface area contributed by atoms with Gasteiger partial charge in [-0.1, -0.05) is 0 Å². The predicted octanol–water partition coefficient (Wildman–Crippen LogP) is 0.466. The van der Waals surface area contributed by atoms with Crippen molar-refractivity contribution in [3.63, 3.8) is 0 Å². The smallest absolute Gasteiger partial charge is 0.257 e. The van der Waals surface area contributed by atoms with Gasteiger partial charge in [0.05, 0.1) is 4.90 Å². The summed E-state index contributed by atoms with van der Waals surface area (Å²) in [5.74, 6) is 0.274. The molecule has 0 unspecified atom stereocenters. The molecule has 106 valence electrons. The summed E-state index contributed by atoms with van der Waals surface area (Å²) < 4.78 is 27.9. The first-order valence-corrected chi connectivity index (χ1v) is 7.34. The zero-order valence-electron chi connectivity index (χ0n) is 11.2. The van der Waals surface area contributed by atoms with E-state index in [1.54, 1.807) is 13.8 Å². The van der Waals surface area contributed by atoms with E-state index in [4.69, 9.17) is 9.88 Å². The number of nitrogens with one attached hydrogen (secondary N) is 1. The third kappa shape index (κ3) is 4.22. The quantitative estimate of drug-likeness (QED) is 0.821. The number of ether oxygens (including phenoxy) is 1. The molecule has 3 N–H and O–H groups in total. The summed E-state index contributed by atoms with van der Waals surface area (Å²) in [5.41, 5.74) is 1.24. The lowest BCUT2D eigenvalue weighted by Crippen LogP contribution is -2.28. The number of aryl methyl sites for hydroxylation is 2. The van der Waals surface area contributed by atoms with E-state index in [1.807, 2.05) is 6.92 Å². The first kappa shape index (κ1) is 15.5. The topological polar surface area (TPSA) is 98.5 Å². The summed E-state index contributed by atoms with van der Waals surface area (Å²) in [6.45, 7) is 5.65. The maximum atomic E-state index is 11.3. The highest BCUT2D eigenvalue weighted by atomic mass is 32.2. The Morgan fingerprint density at radius 2 is 1.84 bits per heavy atom. The number of hydrogen-bond acceptors (Lipinski definition) is 4. The minimum absolute atomic E-state index is 0.0351. The first-order valence-electron chi connectivity index (χ1n) is 5.79. The van der Waals surface area contributed by atoms with Crippen LogP contribution in [0.5, 0.6) is 5.75 Å². The van der Waals surface area contributed by atoms with Gasteiger partial charge in [-0.15, -0.1) is 0 Å². The lowest BCUT2D eigenvalue weighted by atomic mass is 10.1. The van der Waals surface area contributed by atoms with Crippen LogP contribution in [0.15, 0.2) is 17.0 Å². The maximum Gasteiger partial charge on any atom is 0.257 e. The Balaban J connectivity index is 2.95. The fraction of sp³-hybridized carbons (Fsp3) is 0.417. The number of hydrogen-bond donors (Lipinski definition) is 2. The minimum Gasteiger partial charge on any atom is -0.483 e. The molecule has 1 aromatic carbocycles. The highest BCUT2D eigenvalue weighted by Gasteiger charge is 2.14. The summed E-state index contributed by atoms with van der Waals surface area (Å²) in [5, 5.41) is 7.68. The fourth-order valence-corrected chi connectivity index (χ4v) is 2.37. The molecule has 0 heterocycles. The van der Waals surface area contributed by atoms with Gasteiger partial charge < -0.3 is 10.1 Å². The van der Waals surface area contributed by atoms with Gasteiger partial charge in [-0.2, -0.15) is 0 Å². The van der Waals surface area contributed by atoms with E-state index < -0.39 is 10.0 Å². The Hall–Kier alpha value is -1.60. The van der Waals surface area contributed by atoms with Crippen molar-refractivity contribution in [2.24, 2.45) is 5.14 Å². The van der Waals surface area contributed by atoms with Crippen molar-refractivity contribution in [1.82, 2.24) is 5.32 Å². The van der Waals surface area contributed by atoms with Crippen LogP contribution in [0.3, 0.4) is 0 Å². The molecule has 6 nitrogen and oxygen atoms in total. The zero-order chi connectivity index (χ0) is 14.6. The van der Waals surface area contributed by atoms with Gasteiger partial charge in [-0.3, -0.25) is 4.79 Å². The summed E-state index contributed by atoms with van der Waals surface area (Å²) in [6.07, 6.45) is 0. The van der Waals surface area contributed by atoms with E-state index in [2.05, 4.69) is 5.32 Å². The van der Waals surface area contributed by atoms with Crippen molar-refractivity contribution in [2.45, 2.75) is 25.7 Å². The number of likely N-dealkylation sites (N-methyl/N-ethyl adjacent to an activating group) is 1. The Morgan fingerprint density at radius 1 is 1.32 bits per heavy atom. The number of rotatable bonds is 5. The molecule has 7 heteroatoms. The third-order valence-electron chi connectivity index (χ3n) is 2.48. The van der Waals surface area contributed by atoms with Crippen LogP contribution >= 0.6 is 0 Å². The third-order valence-corrected chi connectivity index (χ3v) is 3.38. The van der Waals surface area contributed by atoms with Gasteiger partial charge in [0.15, 0.2) is 6.61 Å². The molecule has 1 aromatic rings. The maximum absolute atomic E-state index is 11.3. The Morgan fingerprint density at radius 3 is 2.26 bits per heavy atom. The molecule has 0 aliphatic carbocycles. The monoisotopic (exact) mass is 286 g/mol. The van der Waals surface area contributed by atoms with E-state index in [-0.39, 0.29) is 17.4 Å². The highest BCUT2D eigenvalue weighted by molar-refractivity contribution is 7.89. The van der Waals surface area contributed by atoms with Gasteiger partial charge in [-0.05, 0) is 44.0 Å². The Bertz CT molecular complexity index is 558. The van der Waals surface area contributed by atoms with Crippen molar-refractivity contribution in [3.05, 3.63) is 23.3 Å². The molecular weight excluding hydrogens is 268 g/mol. The van der Waals surface area contributed by atoms with Crippen molar-refractivity contribution < 1.29 is 17.9 Å². The van der Waals surface area contributed by atoms with Crippen molar-refractivity contribution >= 4 is 15.9 Å². The second kappa shape index (κ2) is 6.03. The number of amides is 1. The summed E-state index contributed by atoms with van der Waals surface area (Å²) in [7, 11) is -3.74. The van der Waals surface area contributed by atoms with Gasteiger partial charge in [0, 0.05) is 6.54 Å². The van der Waals surface area contributed by atoms with E-state index in [0.717, 1.165) is 0 Å². The molecule has 1 rings (SSSR count). The lowest BCUT2D eigenvalue weighted by Gasteiger charge is -2.13. The van der Waals surface area contributed by atoms with Crippen LogP contribution in [0.2, 0.25) is 0 Å². The minimum atomic E-state index is -3.74. The predicted molar refractivity (Wildman–Crippen MR) is 71.5 cm³/mol. The molecule has 0 fully saturated rings. The van der Waals surface area contributed by atoms with Crippen molar-refractivity contribution in [2.75, 3.05) is 13.2 Å². The van der Waals surface area contributed by atoms with Gasteiger partial charge in [0.1, 0.15) is 5.75 Å². The molecule has 0 saturated heterocycles. The molecule has 0 spiro atoms. The normalized spacial score (nSPS) is 11.2. The summed E-state index contributed by atoms with van der Waals surface area (Å²) >= 11 is 0. The van der Waals surface area contributed by atoms with Crippen LogP contribution in [0, 0.1) is 13.8 Å². The number of sulfonamides is 1. The van der Waals surface area contributed by atoms with Crippen LogP contribution in [0.1, 0.15) is 18.1 Å². The zero-order valence-corrected chi connectivity index (χ0v) is 12.0. The van der Waals surface area contributed by atoms with Crippen molar-refractivity contribution in [1.29, 1.82) is 0 Å². The van der Waals surface area contributed by atoms with E-state index in [1.165, 1.54) is 12.1 Å². The van der Waals surface area contributed by atoms with Gasteiger partial charge in [0.25, 0.3) is 5.91 Å². The fourth-order valence-electron chi connectivity index (χ4n) is 1.69. The molecule has 0 aromatic heterocycles. The molecule has 0 bridgehead atoms. The first-order chi connectivity index (χ1) is 8.75. The van der Waals surface area contributed by atoms with Crippen LogP contribution in [-0.2, 0) is 14.8 Å². The van der Waals surface area contributed by atoms with E-state index in [0.29, 0.717) is 23.4 Å². The largest absolute Gasteiger partial charge is 0.483 e. The second-order valence-corrected chi connectivity index (χ2v) is 5.73. The highest BCUT2D eigenvalue weighted by Crippen LogP contribution is 2.26. The molecule has 19 heavy (non-hydrogen) atoms. The van der Waals surface area contributed by atoms with Crippen LogP contribution < -0.4 is 15.2 Å². The van der Waals surface area contributed by atoms with Crippen LogP contribution in [-0.4, -0.2) is 27.5 Å². The molecule has 1 amide bonds. The average molecular weight is 286 g/mol. The Kier molecular flexibility index (Phi) is 4.90. The van der Waals surface area contributed by atoms with Gasteiger partial charge >= 0.3 is 0 Å². The Labute approximate surface area is 113 Å². The van der Waals surface area contributed by atoms with E-state index in [9.17, 15) is 13.2 Å². The van der Waals surface area contributed by atoms with Crippen molar-refractivity contribution in [3.8, 4) is 5.75 Å². The average Bonchev–Trinajstić information content (AvgIpc) is 2.26. The number of nitrogens with two attached hydrogens (primary N) is 1. The molecule has 0 radical (unpaired) electrons. The van der Waals surface area contributed by atoms with Crippen LogP contribution in [0.25, 0.3) is 0 Å². The molecule has 0 saturated carbocycles. The molecular formula is C12H18N2O4S.